The van der Waals surface area contributed by atoms with Crippen LogP contribution in [0.2, 0.25) is 5.02 Å². The Balaban J connectivity index is 1.68. The van der Waals surface area contributed by atoms with Crippen molar-refractivity contribution >= 4 is 23.3 Å². The van der Waals surface area contributed by atoms with E-state index in [0.29, 0.717) is 35.7 Å². The number of halogens is 1. The number of piperidine rings is 1. The lowest BCUT2D eigenvalue weighted by Crippen LogP contribution is -2.39. The van der Waals surface area contributed by atoms with Gasteiger partial charge >= 0.3 is 5.97 Å². The van der Waals surface area contributed by atoms with Crippen molar-refractivity contribution in [3.05, 3.63) is 70.6 Å². The number of hydrogen-bond donors (Lipinski definition) is 1. The molecule has 4 rings (SSSR count). The van der Waals surface area contributed by atoms with E-state index in [1.54, 1.807) is 12.4 Å². The van der Waals surface area contributed by atoms with Crippen LogP contribution in [0.1, 0.15) is 70.4 Å². The molecule has 1 aliphatic rings. The Labute approximate surface area is 242 Å². The first-order chi connectivity index (χ1) is 18.8. The fourth-order valence-electron chi connectivity index (χ4n) is 4.98. The average Bonchev–Trinajstić information content (AvgIpc) is 2.88. The lowest BCUT2D eigenvalue weighted by molar-refractivity contribution is -0.160. The Morgan fingerprint density at radius 3 is 2.40 bits per heavy atom. The summed E-state index contributed by atoms with van der Waals surface area (Å²) in [6.45, 7) is 14.1. The average molecular weight is 566 g/mol. The molecule has 0 bridgehead atoms. The molecule has 0 spiro atoms. The molecule has 0 amide bonds. The van der Waals surface area contributed by atoms with Crippen LogP contribution in [0.3, 0.4) is 0 Å². The van der Waals surface area contributed by atoms with Crippen molar-refractivity contribution in [3.8, 4) is 17.0 Å². The molecule has 40 heavy (non-hydrogen) atoms. The minimum atomic E-state index is -1.16. The van der Waals surface area contributed by atoms with E-state index in [2.05, 4.69) is 23.7 Å². The Morgan fingerprint density at radius 2 is 1.80 bits per heavy atom. The SMILES string of the molecule is Cc1ncc(-c2ccc(OCCc3ccccc3Cl)cn2)c(N2CCC(C)(C)CC2)c1[C@H](OC(C)(C)C)C(=O)O. The van der Waals surface area contributed by atoms with Crippen LogP contribution >= 0.6 is 11.6 Å². The maximum atomic E-state index is 12.6. The van der Waals surface area contributed by atoms with Gasteiger partial charge in [-0.1, -0.05) is 43.6 Å². The fraction of sp³-hybridized carbons (Fsp3) is 0.469. The van der Waals surface area contributed by atoms with E-state index < -0.39 is 17.7 Å². The molecule has 3 aromatic rings. The largest absolute Gasteiger partial charge is 0.492 e. The number of rotatable bonds is 9. The number of aliphatic carboxylic acids is 1. The van der Waals surface area contributed by atoms with Gasteiger partial charge in [-0.15, -0.1) is 0 Å². The highest BCUT2D eigenvalue weighted by molar-refractivity contribution is 6.31. The van der Waals surface area contributed by atoms with Crippen LogP contribution in [-0.2, 0) is 16.0 Å². The number of benzene rings is 1. The Kier molecular flexibility index (Phi) is 9.06. The van der Waals surface area contributed by atoms with Crippen LogP contribution in [0.4, 0.5) is 5.69 Å². The van der Waals surface area contributed by atoms with E-state index in [1.807, 2.05) is 64.1 Å². The number of pyridine rings is 2. The summed E-state index contributed by atoms with van der Waals surface area (Å²) in [5.74, 6) is -0.386. The van der Waals surface area contributed by atoms with Gasteiger partial charge in [0, 0.05) is 47.6 Å². The summed E-state index contributed by atoms with van der Waals surface area (Å²) < 4.78 is 12.1. The van der Waals surface area contributed by atoms with Gasteiger partial charge in [0.25, 0.3) is 0 Å². The second-order valence-electron chi connectivity index (χ2n) is 12.2. The summed E-state index contributed by atoms with van der Waals surface area (Å²) in [5.41, 5.74) is 4.15. The summed E-state index contributed by atoms with van der Waals surface area (Å²) in [7, 11) is 0. The molecule has 1 fully saturated rings. The number of anilines is 1. The first kappa shape index (κ1) is 29.8. The Bertz CT molecular complexity index is 1320. The molecule has 2 aromatic heterocycles. The molecule has 1 aliphatic heterocycles. The van der Waals surface area contributed by atoms with Gasteiger partial charge in [0.2, 0.25) is 0 Å². The first-order valence-electron chi connectivity index (χ1n) is 13.8. The molecule has 1 aromatic carbocycles. The number of hydrogen-bond acceptors (Lipinski definition) is 6. The second kappa shape index (κ2) is 12.1. The van der Waals surface area contributed by atoms with Gasteiger partial charge in [0.05, 0.1) is 29.8 Å². The normalized spacial score (nSPS) is 16.0. The van der Waals surface area contributed by atoms with E-state index in [0.717, 1.165) is 47.8 Å². The predicted molar refractivity (Wildman–Crippen MR) is 159 cm³/mol. The van der Waals surface area contributed by atoms with Crippen molar-refractivity contribution in [2.24, 2.45) is 5.41 Å². The smallest absolute Gasteiger partial charge is 0.337 e. The van der Waals surface area contributed by atoms with Gasteiger partial charge in [-0.2, -0.15) is 0 Å². The van der Waals surface area contributed by atoms with E-state index in [-0.39, 0.29) is 5.41 Å². The Morgan fingerprint density at radius 1 is 1.10 bits per heavy atom. The van der Waals surface area contributed by atoms with Crippen LogP contribution < -0.4 is 9.64 Å². The molecular weight excluding hydrogens is 526 g/mol. The van der Waals surface area contributed by atoms with Crippen molar-refractivity contribution in [3.63, 3.8) is 0 Å². The molecule has 0 radical (unpaired) electrons. The van der Waals surface area contributed by atoms with Crippen molar-refractivity contribution in [2.45, 2.75) is 72.5 Å². The molecule has 0 aliphatic carbocycles. The minimum absolute atomic E-state index is 0.230. The van der Waals surface area contributed by atoms with E-state index in [4.69, 9.17) is 26.1 Å². The maximum absolute atomic E-state index is 12.6. The van der Waals surface area contributed by atoms with E-state index in [9.17, 15) is 9.90 Å². The van der Waals surface area contributed by atoms with Crippen molar-refractivity contribution < 1.29 is 19.4 Å². The maximum Gasteiger partial charge on any atom is 0.337 e. The zero-order chi connectivity index (χ0) is 29.1. The number of nitrogens with zero attached hydrogens (tertiary/aromatic N) is 3. The third-order valence-corrected chi connectivity index (χ3v) is 7.66. The molecule has 3 heterocycles. The highest BCUT2D eigenvalue weighted by atomic mass is 35.5. The van der Waals surface area contributed by atoms with Gasteiger partial charge in [-0.05, 0) is 69.7 Å². The zero-order valence-corrected chi connectivity index (χ0v) is 25.1. The van der Waals surface area contributed by atoms with E-state index >= 15 is 0 Å². The summed E-state index contributed by atoms with van der Waals surface area (Å²) >= 11 is 6.27. The van der Waals surface area contributed by atoms with Crippen molar-refractivity contribution in [1.82, 2.24) is 9.97 Å². The molecule has 0 unspecified atom stereocenters. The molecule has 214 valence electrons. The summed E-state index contributed by atoms with van der Waals surface area (Å²) in [6.07, 6.45) is 5.01. The van der Waals surface area contributed by atoms with Gasteiger partial charge in [0.1, 0.15) is 5.75 Å². The molecule has 0 saturated carbocycles. The minimum Gasteiger partial charge on any atom is -0.492 e. The molecule has 1 N–H and O–H groups in total. The highest BCUT2D eigenvalue weighted by Gasteiger charge is 2.36. The lowest BCUT2D eigenvalue weighted by atomic mass is 9.82. The standard InChI is InChI=1S/C32H40ClN3O4/c1-21-27(29(30(37)38)40-31(2,3)4)28(36-16-14-32(5,6)15-17-36)24(20-34-21)26-12-11-23(19-35-26)39-18-13-22-9-7-8-10-25(22)33/h7-12,19-20,29H,13-18H2,1-6H3,(H,37,38)/t29-/m0/s1. The van der Waals surface area contributed by atoms with Crippen molar-refractivity contribution in [2.75, 3.05) is 24.6 Å². The van der Waals surface area contributed by atoms with Crippen LogP contribution in [0, 0.1) is 12.3 Å². The number of aromatic nitrogens is 2. The second-order valence-corrected chi connectivity index (χ2v) is 12.6. The fourth-order valence-corrected chi connectivity index (χ4v) is 5.21. The topological polar surface area (TPSA) is 84.8 Å². The Hall–Kier alpha value is -3.16. The molecule has 1 atom stereocenters. The van der Waals surface area contributed by atoms with Crippen LogP contribution in [0.25, 0.3) is 11.3 Å². The number of ether oxygens (including phenoxy) is 2. The number of carbonyl (C=O) groups is 1. The quantitative estimate of drug-likeness (QED) is 0.291. The number of carboxylic acids is 1. The van der Waals surface area contributed by atoms with Gasteiger partial charge in [-0.3, -0.25) is 9.97 Å². The molecular formula is C32H40ClN3O4. The van der Waals surface area contributed by atoms with Gasteiger partial charge in [-0.25, -0.2) is 4.79 Å². The van der Waals surface area contributed by atoms with Crippen molar-refractivity contribution in [1.29, 1.82) is 0 Å². The van der Waals surface area contributed by atoms with Gasteiger partial charge in [0.15, 0.2) is 6.10 Å². The van der Waals surface area contributed by atoms with E-state index in [1.165, 1.54) is 0 Å². The third-order valence-electron chi connectivity index (χ3n) is 7.29. The lowest BCUT2D eigenvalue weighted by Gasteiger charge is -2.40. The van der Waals surface area contributed by atoms with Gasteiger partial charge < -0.3 is 19.5 Å². The summed E-state index contributed by atoms with van der Waals surface area (Å²) in [6, 6.07) is 11.5. The van der Waals surface area contributed by atoms with Crippen LogP contribution in [-0.4, -0.2) is 46.3 Å². The zero-order valence-electron chi connectivity index (χ0n) is 24.3. The molecule has 8 heteroatoms. The summed E-state index contributed by atoms with van der Waals surface area (Å²) in [4.78, 5) is 24.2. The highest BCUT2D eigenvalue weighted by Crippen LogP contribution is 2.43. The first-order valence-corrected chi connectivity index (χ1v) is 14.2. The third kappa shape index (κ3) is 7.32. The summed E-state index contributed by atoms with van der Waals surface area (Å²) in [5, 5.41) is 11.0. The number of carboxylic acid groups (broad SMARTS) is 1. The predicted octanol–water partition coefficient (Wildman–Crippen LogP) is 7.29. The molecule has 7 nitrogen and oxygen atoms in total. The van der Waals surface area contributed by atoms with Crippen LogP contribution in [0.5, 0.6) is 5.75 Å². The van der Waals surface area contributed by atoms with Crippen LogP contribution in [0.15, 0.2) is 48.8 Å². The monoisotopic (exact) mass is 565 g/mol. The number of aryl methyl sites for hydroxylation is 1. The molecule has 1 saturated heterocycles.